The molecule has 68 valence electrons. The van der Waals surface area contributed by atoms with E-state index in [4.69, 9.17) is 5.26 Å². The molecule has 0 aliphatic carbocycles. The van der Waals surface area contributed by atoms with Crippen molar-refractivity contribution in [3.05, 3.63) is 34.0 Å². The van der Waals surface area contributed by atoms with Gasteiger partial charge in [0.05, 0.1) is 0 Å². The Labute approximate surface area is 82.5 Å². The molecule has 0 fully saturated rings. The van der Waals surface area contributed by atoms with Gasteiger partial charge in [-0.05, 0) is 19.1 Å². The number of nitrogens with one attached hydrogen (secondary N) is 1. The van der Waals surface area contributed by atoms with E-state index in [-0.39, 0.29) is 0 Å². The first-order chi connectivity index (χ1) is 6.22. The molecule has 0 atom stereocenters. The summed E-state index contributed by atoms with van der Waals surface area (Å²) >= 11 is 1.53. The molecule has 1 aromatic heterocycles. The van der Waals surface area contributed by atoms with E-state index in [1.807, 2.05) is 19.1 Å². The summed E-state index contributed by atoms with van der Waals surface area (Å²) in [4.78, 5) is 1.96. The molecular weight excluding hydrogens is 180 g/mol. The average Bonchev–Trinajstić information content (AvgIpc) is 2.52. The van der Waals surface area contributed by atoms with Crippen LogP contribution < -0.4 is 5.32 Å². The van der Waals surface area contributed by atoms with E-state index >= 15 is 0 Å². The molecule has 0 saturated carbocycles. The molecule has 0 amide bonds. The molecule has 0 aromatic carbocycles. The molecular formula is C10H12N2S. The highest BCUT2D eigenvalue weighted by molar-refractivity contribution is 7.12. The molecule has 0 bridgehead atoms. The first kappa shape index (κ1) is 9.97. The predicted molar refractivity (Wildman–Crippen MR) is 55.6 cm³/mol. The minimum Gasteiger partial charge on any atom is -0.308 e. The normalized spacial score (nSPS) is 9.54. The molecule has 1 N–H and O–H groups in total. The van der Waals surface area contributed by atoms with Gasteiger partial charge in [0.2, 0.25) is 0 Å². The fourth-order valence-corrected chi connectivity index (χ4v) is 1.71. The Morgan fingerprint density at radius 1 is 1.69 bits per heavy atom. The monoisotopic (exact) mass is 192 g/mol. The highest BCUT2D eigenvalue weighted by Crippen LogP contribution is 2.14. The van der Waals surface area contributed by atoms with Gasteiger partial charge in [0.25, 0.3) is 0 Å². The van der Waals surface area contributed by atoms with Crippen LogP contribution in [0.1, 0.15) is 16.7 Å². The van der Waals surface area contributed by atoms with E-state index in [1.54, 1.807) is 0 Å². The van der Waals surface area contributed by atoms with Crippen molar-refractivity contribution in [3.63, 3.8) is 0 Å². The van der Waals surface area contributed by atoms with Crippen LogP contribution in [0, 0.1) is 11.3 Å². The number of hydrogen-bond donors (Lipinski definition) is 1. The first-order valence-corrected chi connectivity index (χ1v) is 4.88. The molecule has 0 spiro atoms. The molecule has 3 heteroatoms. The van der Waals surface area contributed by atoms with Crippen LogP contribution in [0.2, 0.25) is 0 Å². The number of nitrogens with zero attached hydrogens (tertiary/aromatic N) is 1. The second kappa shape index (κ2) is 4.80. The summed E-state index contributed by atoms with van der Waals surface area (Å²) in [5.74, 6) is 0. The molecule has 0 aliphatic rings. The van der Waals surface area contributed by atoms with Crippen LogP contribution in [0.15, 0.2) is 24.3 Å². The highest BCUT2D eigenvalue weighted by Gasteiger charge is 1.97. The lowest BCUT2D eigenvalue weighted by Gasteiger charge is -2.00. The van der Waals surface area contributed by atoms with Crippen LogP contribution in [-0.4, -0.2) is 6.54 Å². The molecule has 0 saturated heterocycles. The molecule has 13 heavy (non-hydrogen) atoms. The van der Waals surface area contributed by atoms with Crippen molar-refractivity contribution in [2.45, 2.75) is 13.5 Å². The molecule has 0 radical (unpaired) electrons. The topological polar surface area (TPSA) is 35.8 Å². The smallest absolute Gasteiger partial charge is 0.110 e. The third-order valence-corrected chi connectivity index (χ3v) is 2.49. The Morgan fingerprint density at radius 2 is 2.46 bits per heavy atom. The summed E-state index contributed by atoms with van der Waals surface area (Å²) in [6.45, 7) is 7.44. The zero-order chi connectivity index (χ0) is 9.68. The highest BCUT2D eigenvalue weighted by atomic mass is 32.1. The molecule has 1 heterocycles. The third kappa shape index (κ3) is 3.41. The Hall–Kier alpha value is -1.11. The molecule has 0 aliphatic heterocycles. The fraction of sp³-hybridized carbons (Fsp3) is 0.300. The van der Waals surface area contributed by atoms with Gasteiger partial charge in [-0.2, -0.15) is 5.26 Å². The summed E-state index contributed by atoms with van der Waals surface area (Å²) in [7, 11) is 0. The number of rotatable bonds is 4. The quantitative estimate of drug-likeness (QED) is 0.743. The second-order valence-corrected chi connectivity index (χ2v) is 4.11. The van der Waals surface area contributed by atoms with Crippen molar-refractivity contribution in [2.24, 2.45) is 0 Å². The predicted octanol–water partition coefficient (Wildman–Crippen LogP) is 2.29. The van der Waals surface area contributed by atoms with E-state index in [0.717, 1.165) is 23.5 Å². The van der Waals surface area contributed by atoms with Crippen molar-refractivity contribution in [2.75, 3.05) is 6.54 Å². The lowest BCUT2D eigenvalue weighted by atomic mass is 10.3. The lowest BCUT2D eigenvalue weighted by Crippen LogP contribution is -2.14. The number of hydrogen-bond acceptors (Lipinski definition) is 3. The lowest BCUT2D eigenvalue weighted by molar-refractivity contribution is 0.750. The summed E-state index contributed by atoms with van der Waals surface area (Å²) in [5.41, 5.74) is 1.12. The molecule has 0 unspecified atom stereocenters. The Balaban J connectivity index is 2.38. The number of nitriles is 1. The van der Waals surface area contributed by atoms with E-state index < -0.39 is 0 Å². The van der Waals surface area contributed by atoms with E-state index in [1.165, 1.54) is 16.2 Å². The van der Waals surface area contributed by atoms with Crippen LogP contribution in [0.5, 0.6) is 0 Å². The minimum absolute atomic E-state index is 0.770. The van der Waals surface area contributed by atoms with Crippen molar-refractivity contribution < 1.29 is 0 Å². The largest absolute Gasteiger partial charge is 0.308 e. The van der Waals surface area contributed by atoms with Gasteiger partial charge in [-0.3, -0.25) is 0 Å². The maximum Gasteiger partial charge on any atom is 0.110 e. The van der Waals surface area contributed by atoms with Gasteiger partial charge in [0.15, 0.2) is 0 Å². The van der Waals surface area contributed by atoms with Crippen molar-refractivity contribution in [3.8, 4) is 6.07 Å². The van der Waals surface area contributed by atoms with Crippen LogP contribution >= 0.6 is 11.3 Å². The fourth-order valence-electron chi connectivity index (χ4n) is 0.932. The van der Waals surface area contributed by atoms with Gasteiger partial charge in [-0.15, -0.1) is 11.3 Å². The van der Waals surface area contributed by atoms with Gasteiger partial charge in [-0.1, -0.05) is 12.2 Å². The Kier molecular flexibility index (Phi) is 3.69. The number of thiophene rings is 1. The van der Waals surface area contributed by atoms with Crippen LogP contribution in [0.3, 0.4) is 0 Å². The van der Waals surface area contributed by atoms with Crippen LogP contribution in [0.4, 0.5) is 0 Å². The first-order valence-electron chi connectivity index (χ1n) is 4.06. The Morgan fingerprint density at radius 3 is 3.00 bits per heavy atom. The summed E-state index contributed by atoms with van der Waals surface area (Å²) in [6.07, 6.45) is 0. The standard InChI is InChI=1S/C10H12N2S/c1-8(2)6-12-7-10-4-3-9(5-11)13-10/h3-4,12H,1,6-7H2,2H3. The van der Waals surface area contributed by atoms with E-state index in [9.17, 15) is 0 Å². The molecule has 2 nitrogen and oxygen atoms in total. The van der Waals surface area contributed by atoms with Gasteiger partial charge in [-0.25, -0.2) is 0 Å². The van der Waals surface area contributed by atoms with Crippen LogP contribution in [0.25, 0.3) is 0 Å². The van der Waals surface area contributed by atoms with Gasteiger partial charge in [0.1, 0.15) is 10.9 Å². The van der Waals surface area contributed by atoms with Crippen molar-refractivity contribution in [1.29, 1.82) is 5.26 Å². The summed E-state index contributed by atoms with van der Waals surface area (Å²) in [5, 5.41) is 11.8. The average molecular weight is 192 g/mol. The zero-order valence-electron chi connectivity index (χ0n) is 7.63. The summed E-state index contributed by atoms with van der Waals surface area (Å²) < 4.78 is 0. The van der Waals surface area contributed by atoms with Gasteiger partial charge in [0, 0.05) is 18.0 Å². The van der Waals surface area contributed by atoms with Crippen LogP contribution in [-0.2, 0) is 6.54 Å². The van der Waals surface area contributed by atoms with E-state index in [0.29, 0.717) is 0 Å². The van der Waals surface area contributed by atoms with E-state index in [2.05, 4.69) is 18.0 Å². The van der Waals surface area contributed by atoms with Gasteiger partial charge < -0.3 is 5.32 Å². The van der Waals surface area contributed by atoms with Gasteiger partial charge >= 0.3 is 0 Å². The molecule has 1 rings (SSSR count). The maximum atomic E-state index is 8.59. The molecule has 1 aromatic rings. The van der Waals surface area contributed by atoms with Crippen molar-refractivity contribution in [1.82, 2.24) is 5.32 Å². The van der Waals surface area contributed by atoms with Crippen molar-refractivity contribution >= 4 is 11.3 Å². The summed E-state index contributed by atoms with van der Waals surface area (Å²) in [6, 6.07) is 5.95. The minimum atomic E-state index is 0.770. The maximum absolute atomic E-state index is 8.59. The second-order valence-electron chi connectivity index (χ2n) is 2.94. The Bertz CT molecular complexity index is 333. The zero-order valence-corrected chi connectivity index (χ0v) is 8.45. The SMILES string of the molecule is C=C(C)CNCc1ccc(C#N)s1. The third-order valence-electron chi connectivity index (χ3n) is 1.50.